The van der Waals surface area contributed by atoms with E-state index in [1.54, 1.807) is 0 Å². The molecule has 0 bridgehead atoms. The second-order valence-electron chi connectivity index (χ2n) is 5.34. The van der Waals surface area contributed by atoms with E-state index in [4.69, 9.17) is 0 Å². The first-order valence-corrected chi connectivity index (χ1v) is 8.22. The molecular weight excluding hydrogens is 290 g/mol. The standard InChI is InChI=1S/C13H19N5O2S/c1-9(11(19)18-8-6-14-12(18)20)21-13-16-15-10-5-3-2-4-7-17(10)13/h9H,2-8H2,1H3,(H,14,20)/t9-/m0/s1. The topological polar surface area (TPSA) is 80.1 Å². The normalized spacial score (nSPS) is 19.9. The Labute approximate surface area is 127 Å². The van der Waals surface area contributed by atoms with Gasteiger partial charge in [0.2, 0.25) is 5.91 Å². The van der Waals surface area contributed by atoms with Crippen LogP contribution in [0.1, 0.15) is 32.0 Å². The highest BCUT2D eigenvalue weighted by Gasteiger charge is 2.31. The van der Waals surface area contributed by atoms with Crippen LogP contribution in [-0.4, -0.2) is 49.9 Å². The lowest BCUT2D eigenvalue weighted by molar-refractivity contribution is -0.126. The van der Waals surface area contributed by atoms with E-state index in [1.807, 2.05) is 6.92 Å². The van der Waals surface area contributed by atoms with Crippen molar-refractivity contribution in [2.75, 3.05) is 13.1 Å². The summed E-state index contributed by atoms with van der Waals surface area (Å²) < 4.78 is 2.12. The lowest BCUT2D eigenvalue weighted by atomic mass is 10.2. The number of rotatable bonds is 3. The van der Waals surface area contributed by atoms with Crippen LogP contribution in [0.25, 0.3) is 0 Å². The molecule has 8 heteroatoms. The number of urea groups is 1. The number of imide groups is 1. The molecule has 1 saturated heterocycles. The van der Waals surface area contributed by atoms with Crippen molar-refractivity contribution in [2.45, 2.75) is 49.6 Å². The third kappa shape index (κ3) is 2.90. The summed E-state index contributed by atoms with van der Waals surface area (Å²) in [6, 6.07) is -0.299. The summed E-state index contributed by atoms with van der Waals surface area (Å²) in [4.78, 5) is 25.1. The third-order valence-electron chi connectivity index (χ3n) is 3.83. The zero-order chi connectivity index (χ0) is 14.8. The van der Waals surface area contributed by atoms with Gasteiger partial charge in [-0.25, -0.2) is 4.79 Å². The molecule has 3 amide bonds. The number of hydrogen-bond donors (Lipinski definition) is 1. The molecule has 1 aromatic rings. The number of aryl methyl sites for hydroxylation is 1. The van der Waals surface area contributed by atoms with E-state index in [0.29, 0.717) is 13.1 Å². The number of aromatic nitrogens is 3. The Bertz CT molecular complexity index is 559. The summed E-state index contributed by atoms with van der Waals surface area (Å²) in [7, 11) is 0. The summed E-state index contributed by atoms with van der Waals surface area (Å²) in [5.74, 6) is 0.842. The van der Waals surface area contributed by atoms with Gasteiger partial charge in [-0.1, -0.05) is 18.2 Å². The molecule has 2 aliphatic rings. The number of fused-ring (bicyclic) bond motifs is 1. The number of nitrogens with zero attached hydrogens (tertiary/aromatic N) is 4. The minimum absolute atomic E-state index is 0.166. The third-order valence-corrected chi connectivity index (χ3v) is 4.90. The van der Waals surface area contributed by atoms with Crippen molar-refractivity contribution in [1.82, 2.24) is 25.0 Å². The van der Waals surface area contributed by atoms with Crippen molar-refractivity contribution >= 4 is 23.7 Å². The van der Waals surface area contributed by atoms with Crippen molar-refractivity contribution in [2.24, 2.45) is 0 Å². The molecule has 7 nitrogen and oxygen atoms in total. The molecule has 3 heterocycles. The Kier molecular flexibility index (Phi) is 4.14. The Morgan fingerprint density at radius 1 is 1.29 bits per heavy atom. The predicted octanol–water partition coefficient (Wildman–Crippen LogP) is 1.04. The fourth-order valence-corrected chi connectivity index (χ4v) is 3.61. The molecule has 1 N–H and O–H groups in total. The number of nitrogens with one attached hydrogen (secondary N) is 1. The first kappa shape index (κ1) is 14.4. The second-order valence-corrected chi connectivity index (χ2v) is 6.65. The van der Waals surface area contributed by atoms with Crippen LogP contribution in [0.5, 0.6) is 0 Å². The van der Waals surface area contributed by atoms with Crippen LogP contribution >= 0.6 is 11.8 Å². The number of carbonyl (C=O) groups excluding carboxylic acids is 2. The molecule has 0 saturated carbocycles. The van der Waals surface area contributed by atoms with Gasteiger partial charge in [-0.15, -0.1) is 10.2 Å². The van der Waals surface area contributed by atoms with Gasteiger partial charge in [0.1, 0.15) is 5.82 Å². The van der Waals surface area contributed by atoms with Gasteiger partial charge in [0.05, 0.1) is 5.25 Å². The highest BCUT2D eigenvalue weighted by atomic mass is 32.2. The van der Waals surface area contributed by atoms with Crippen molar-refractivity contribution in [3.8, 4) is 0 Å². The minimum Gasteiger partial charge on any atom is -0.336 e. The fourth-order valence-electron chi connectivity index (χ4n) is 2.66. The molecule has 1 aromatic heterocycles. The fraction of sp³-hybridized carbons (Fsp3) is 0.692. The summed E-state index contributed by atoms with van der Waals surface area (Å²) in [6.07, 6.45) is 4.42. The van der Waals surface area contributed by atoms with Gasteiger partial charge in [0, 0.05) is 26.1 Å². The van der Waals surface area contributed by atoms with Gasteiger partial charge >= 0.3 is 6.03 Å². The highest BCUT2D eigenvalue weighted by Crippen LogP contribution is 2.26. The number of carbonyl (C=O) groups is 2. The molecule has 0 aliphatic carbocycles. The molecule has 0 radical (unpaired) electrons. The molecular formula is C13H19N5O2S. The first-order valence-electron chi connectivity index (χ1n) is 7.35. The largest absolute Gasteiger partial charge is 0.336 e. The van der Waals surface area contributed by atoms with Gasteiger partial charge in [-0.2, -0.15) is 0 Å². The summed E-state index contributed by atoms with van der Waals surface area (Å²) in [5.41, 5.74) is 0. The van der Waals surface area contributed by atoms with E-state index in [2.05, 4.69) is 20.1 Å². The molecule has 1 atom stereocenters. The van der Waals surface area contributed by atoms with E-state index in [9.17, 15) is 9.59 Å². The highest BCUT2D eigenvalue weighted by molar-refractivity contribution is 8.00. The Hall–Kier alpha value is -1.57. The summed E-state index contributed by atoms with van der Waals surface area (Å²) in [6.45, 7) is 3.70. The lowest BCUT2D eigenvalue weighted by Gasteiger charge is -2.17. The lowest BCUT2D eigenvalue weighted by Crippen LogP contribution is -2.39. The maximum atomic E-state index is 12.3. The van der Waals surface area contributed by atoms with Crippen LogP contribution in [-0.2, 0) is 17.8 Å². The maximum absolute atomic E-state index is 12.3. The van der Waals surface area contributed by atoms with Crippen LogP contribution in [0.3, 0.4) is 0 Å². The van der Waals surface area contributed by atoms with Gasteiger partial charge in [-0.3, -0.25) is 9.69 Å². The molecule has 21 heavy (non-hydrogen) atoms. The SMILES string of the molecule is C[C@H](Sc1nnc2n1CCCCC2)C(=O)N1CCNC1=O. The van der Waals surface area contributed by atoms with Crippen LogP contribution in [0.2, 0.25) is 0 Å². The number of hydrogen-bond acceptors (Lipinski definition) is 5. The summed E-state index contributed by atoms with van der Waals surface area (Å²) >= 11 is 1.39. The summed E-state index contributed by atoms with van der Waals surface area (Å²) in [5, 5.41) is 11.5. The maximum Gasteiger partial charge on any atom is 0.324 e. The zero-order valence-corrected chi connectivity index (χ0v) is 12.9. The minimum atomic E-state index is -0.342. The molecule has 0 aromatic carbocycles. The van der Waals surface area contributed by atoms with Crippen molar-refractivity contribution in [3.05, 3.63) is 5.82 Å². The average Bonchev–Trinajstić information content (AvgIpc) is 2.97. The van der Waals surface area contributed by atoms with Crippen molar-refractivity contribution in [1.29, 1.82) is 0 Å². The van der Waals surface area contributed by atoms with Gasteiger partial charge in [0.25, 0.3) is 0 Å². The van der Waals surface area contributed by atoms with E-state index < -0.39 is 0 Å². The van der Waals surface area contributed by atoms with Crippen molar-refractivity contribution in [3.63, 3.8) is 0 Å². The molecule has 3 rings (SSSR count). The molecule has 0 unspecified atom stereocenters. The number of amides is 3. The van der Waals surface area contributed by atoms with Crippen LogP contribution < -0.4 is 5.32 Å². The smallest absolute Gasteiger partial charge is 0.324 e. The Balaban J connectivity index is 1.70. The quantitative estimate of drug-likeness (QED) is 0.844. The monoisotopic (exact) mass is 309 g/mol. The van der Waals surface area contributed by atoms with E-state index in [0.717, 1.165) is 36.8 Å². The van der Waals surface area contributed by atoms with Crippen LogP contribution in [0.15, 0.2) is 5.16 Å². The molecule has 0 spiro atoms. The van der Waals surface area contributed by atoms with Gasteiger partial charge in [-0.05, 0) is 19.8 Å². The van der Waals surface area contributed by atoms with Crippen molar-refractivity contribution < 1.29 is 9.59 Å². The first-order chi connectivity index (χ1) is 10.2. The van der Waals surface area contributed by atoms with Gasteiger partial charge in [0.15, 0.2) is 5.16 Å². The predicted molar refractivity (Wildman–Crippen MR) is 78.0 cm³/mol. The second kappa shape index (κ2) is 6.05. The van der Waals surface area contributed by atoms with Gasteiger partial charge < -0.3 is 9.88 Å². The molecule has 114 valence electrons. The molecule has 2 aliphatic heterocycles. The average molecular weight is 309 g/mol. The molecule has 1 fully saturated rings. The van der Waals surface area contributed by atoms with Crippen LogP contribution in [0.4, 0.5) is 4.79 Å². The number of thioether (sulfide) groups is 1. The Morgan fingerprint density at radius 2 is 2.14 bits per heavy atom. The van der Waals surface area contributed by atoms with E-state index in [-0.39, 0.29) is 17.2 Å². The van der Waals surface area contributed by atoms with E-state index in [1.165, 1.54) is 23.1 Å². The Morgan fingerprint density at radius 3 is 2.90 bits per heavy atom. The zero-order valence-electron chi connectivity index (χ0n) is 12.0. The van der Waals surface area contributed by atoms with Crippen LogP contribution in [0, 0.1) is 0 Å². The van der Waals surface area contributed by atoms with E-state index >= 15 is 0 Å².